The first-order chi connectivity index (χ1) is 15.0. The molecule has 31 heavy (non-hydrogen) atoms. The summed E-state index contributed by atoms with van der Waals surface area (Å²) in [5.41, 5.74) is 3.33. The summed E-state index contributed by atoms with van der Waals surface area (Å²) < 4.78 is 24.6. The zero-order valence-electron chi connectivity index (χ0n) is 18.5. The second-order valence-electron chi connectivity index (χ2n) is 7.64. The lowest BCUT2D eigenvalue weighted by Gasteiger charge is -2.20. The van der Waals surface area contributed by atoms with Crippen molar-refractivity contribution >= 4 is 16.7 Å². The van der Waals surface area contributed by atoms with E-state index in [9.17, 15) is 4.79 Å². The normalized spacial score (nSPS) is 12.0. The van der Waals surface area contributed by atoms with E-state index in [0.717, 1.165) is 40.7 Å². The van der Waals surface area contributed by atoms with Crippen LogP contribution >= 0.6 is 0 Å². The van der Waals surface area contributed by atoms with Crippen LogP contribution in [-0.2, 0) is 17.8 Å². The molecule has 7 heteroatoms. The Bertz CT molecular complexity index is 1160. The Morgan fingerprint density at radius 2 is 1.77 bits per heavy atom. The zero-order chi connectivity index (χ0) is 22.1. The summed E-state index contributed by atoms with van der Waals surface area (Å²) in [6.45, 7) is 0.790. The van der Waals surface area contributed by atoms with Crippen LogP contribution < -0.4 is 23.5 Å². The average molecular weight is 423 g/mol. The molecular formula is C24H27N2O5+. The molecule has 0 saturated heterocycles. The monoisotopic (exact) mass is 423 g/mol. The van der Waals surface area contributed by atoms with E-state index in [1.807, 2.05) is 24.3 Å². The number of hydrogen-bond donors (Lipinski definition) is 0. The summed E-state index contributed by atoms with van der Waals surface area (Å²) in [5, 5.41) is 2.05. The van der Waals surface area contributed by atoms with Crippen molar-refractivity contribution in [2.45, 2.75) is 13.0 Å². The van der Waals surface area contributed by atoms with Crippen molar-refractivity contribution in [2.24, 2.45) is 0 Å². The molecule has 0 saturated carbocycles. The van der Waals surface area contributed by atoms with Crippen molar-refractivity contribution in [3.05, 3.63) is 42.1 Å². The lowest BCUT2D eigenvalue weighted by molar-refractivity contribution is -0.686. The van der Waals surface area contributed by atoms with E-state index in [4.69, 9.17) is 18.9 Å². The van der Waals surface area contributed by atoms with E-state index in [0.29, 0.717) is 17.2 Å². The number of aryl methyl sites for hydroxylation is 2. The molecule has 2 heterocycles. The van der Waals surface area contributed by atoms with Gasteiger partial charge in [0, 0.05) is 26.6 Å². The van der Waals surface area contributed by atoms with Gasteiger partial charge in [0.1, 0.15) is 0 Å². The number of aromatic nitrogens is 1. The highest BCUT2D eigenvalue weighted by molar-refractivity contribution is 5.91. The molecule has 0 spiro atoms. The molecule has 0 N–H and O–H groups in total. The predicted octanol–water partition coefficient (Wildman–Crippen LogP) is 2.84. The van der Waals surface area contributed by atoms with Crippen LogP contribution in [0.5, 0.6) is 23.0 Å². The summed E-state index contributed by atoms with van der Waals surface area (Å²) in [4.78, 5) is 13.5. The van der Waals surface area contributed by atoms with E-state index in [-0.39, 0.29) is 12.5 Å². The van der Waals surface area contributed by atoms with Crippen molar-refractivity contribution in [1.29, 1.82) is 0 Å². The number of rotatable bonds is 6. The minimum atomic E-state index is -0.110. The largest absolute Gasteiger partial charge is 0.493 e. The number of carbonyl (C=O) groups excluding carboxylic acids is 1. The maximum absolute atomic E-state index is 12.0. The van der Waals surface area contributed by atoms with Gasteiger partial charge in [-0.2, -0.15) is 4.57 Å². The third kappa shape index (κ3) is 3.71. The Hall–Kier alpha value is -3.48. The molecular weight excluding hydrogens is 396 g/mol. The number of pyridine rings is 1. The van der Waals surface area contributed by atoms with Gasteiger partial charge in [0.2, 0.25) is 5.69 Å². The fourth-order valence-corrected chi connectivity index (χ4v) is 3.93. The van der Waals surface area contributed by atoms with E-state index in [1.54, 1.807) is 35.4 Å². The Morgan fingerprint density at radius 3 is 2.45 bits per heavy atom. The fourth-order valence-electron chi connectivity index (χ4n) is 3.93. The zero-order valence-corrected chi connectivity index (χ0v) is 18.5. The summed E-state index contributed by atoms with van der Waals surface area (Å²) in [6.07, 6.45) is 2.97. The topological polar surface area (TPSA) is 61.1 Å². The predicted molar refractivity (Wildman–Crippen MR) is 117 cm³/mol. The lowest BCUT2D eigenvalue weighted by atomic mass is 9.95. The van der Waals surface area contributed by atoms with Crippen LogP contribution in [0, 0.1) is 0 Å². The summed E-state index contributed by atoms with van der Waals surface area (Å²) in [5.74, 6) is 2.50. The highest BCUT2D eigenvalue weighted by atomic mass is 16.5. The molecule has 0 atom stereocenters. The van der Waals surface area contributed by atoms with Crippen LogP contribution in [0.2, 0.25) is 0 Å². The molecule has 3 aromatic rings. The number of methoxy groups -OCH3 is 3. The fraction of sp³-hybridized carbons (Fsp3) is 0.333. The highest BCUT2D eigenvalue weighted by Gasteiger charge is 2.27. The number of benzene rings is 2. The van der Waals surface area contributed by atoms with Gasteiger partial charge in [-0.05, 0) is 35.2 Å². The first-order valence-corrected chi connectivity index (χ1v) is 10.1. The molecule has 0 fully saturated rings. The van der Waals surface area contributed by atoms with Crippen LogP contribution in [-0.4, -0.2) is 52.8 Å². The molecule has 1 aliphatic rings. The van der Waals surface area contributed by atoms with Gasteiger partial charge in [0.25, 0.3) is 5.91 Å². The molecule has 7 nitrogen and oxygen atoms in total. The van der Waals surface area contributed by atoms with E-state index in [2.05, 4.69) is 16.8 Å². The number of fused-ring (bicyclic) bond motifs is 4. The van der Waals surface area contributed by atoms with Crippen molar-refractivity contribution in [1.82, 2.24) is 4.90 Å². The molecule has 1 aromatic heterocycles. The number of nitrogens with zero attached hydrogens (tertiary/aromatic N) is 2. The molecule has 0 aliphatic carbocycles. The van der Waals surface area contributed by atoms with Gasteiger partial charge < -0.3 is 23.8 Å². The van der Waals surface area contributed by atoms with Crippen molar-refractivity contribution in [3.63, 3.8) is 0 Å². The molecule has 1 amide bonds. The smallest absolute Gasteiger partial charge is 0.259 e. The second kappa shape index (κ2) is 8.34. The number of hydrogen-bond acceptors (Lipinski definition) is 5. The van der Waals surface area contributed by atoms with Crippen LogP contribution in [0.15, 0.2) is 36.5 Å². The standard InChI is InChI=1S/C24H27N2O5/c1-25(2)23(27)14-31-22-12-17-16(11-21(22)29-4)8-9-26-13-18-15(10-19(17)26)6-7-20(28-3)24(18)30-5/h6-7,10-13H,8-9,14H2,1-5H3/q+1. The number of ether oxygens (including phenoxy) is 4. The molecule has 4 rings (SSSR count). The van der Waals surface area contributed by atoms with Gasteiger partial charge in [0.15, 0.2) is 42.3 Å². The first-order valence-electron chi connectivity index (χ1n) is 10.1. The van der Waals surface area contributed by atoms with Crippen LogP contribution in [0.25, 0.3) is 22.0 Å². The molecule has 1 aliphatic heterocycles. The minimum absolute atomic E-state index is 0.0448. The van der Waals surface area contributed by atoms with Gasteiger partial charge in [0.05, 0.1) is 32.3 Å². The van der Waals surface area contributed by atoms with Crippen LogP contribution in [0.4, 0.5) is 0 Å². The SMILES string of the molecule is COc1cc2c(cc1OCC(=O)N(C)C)-c1cc3ccc(OC)c(OC)c3c[n+]1CC2. The van der Waals surface area contributed by atoms with Gasteiger partial charge >= 0.3 is 0 Å². The van der Waals surface area contributed by atoms with Gasteiger partial charge in [-0.15, -0.1) is 0 Å². The van der Waals surface area contributed by atoms with Crippen LogP contribution in [0.1, 0.15) is 5.56 Å². The summed E-state index contributed by atoms with van der Waals surface area (Å²) in [6, 6.07) is 10.1. The van der Waals surface area contributed by atoms with Crippen molar-refractivity contribution in [3.8, 4) is 34.3 Å². The maximum atomic E-state index is 12.0. The van der Waals surface area contributed by atoms with Crippen molar-refractivity contribution < 1.29 is 28.3 Å². The molecule has 0 unspecified atom stereocenters. The Labute approximate surface area is 181 Å². The van der Waals surface area contributed by atoms with Crippen molar-refractivity contribution in [2.75, 3.05) is 42.0 Å². The van der Waals surface area contributed by atoms with E-state index in [1.165, 1.54) is 10.5 Å². The number of amides is 1. The highest BCUT2D eigenvalue weighted by Crippen LogP contribution is 2.40. The number of likely N-dealkylation sites (N-methyl/N-ethyl adjacent to an activating group) is 1. The minimum Gasteiger partial charge on any atom is -0.493 e. The first kappa shape index (κ1) is 20.8. The third-order valence-corrected chi connectivity index (χ3v) is 5.64. The lowest BCUT2D eigenvalue weighted by Crippen LogP contribution is -2.40. The second-order valence-corrected chi connectivity index (χ2v) is 7.64. The molecule has 0 bridgehead atoms. The van der Waals surface area contributed by atoms with E-state index >= 15 is 0 Å². The Balaban J connectivity index is 1.81. The van der Waals surface area contributed by atoms with Crippen LogP contribution in [0.3, 0.4) is 0 Å². The van der Waals surface area contributed by atoms with Gasteiger partial charge in [-0.25, -0.2) is 0 Å². The molecule has 0 radical (unpaired) electrons. The van der Waals surface area contributed by atoms with Gasteiger partial charge in [-0.3, -0.25) is 4.79 Å². The average Bonchev–Trinajstić information content (AvgIpc) is 2.79. The quantitative estimate of drug-likeness (QED) is 0.571. The summed E-state index contributed by atoms with van der Waals surface area (Å²) >= 11 is 0. The number of carbonyl (C=O) groups is 1. The Morgan fingerprint density at radius 1 is 1.00 bits per heavy atom. The van der Waals surface area contributed by atoms with Gasteiger partial charge in [-0.1, -0.05) is 0 Å². The summed E-state index contributed by atoms with van der Waals surface area (Å²) in [7, 11) is 8.32. The molecule has 162 valence electrons. The third-order valence-electron chi connectivity index (χ3n) is 5.64. The molecule has 2 aromatic carbocycles. The Kier molecular flexibility index (Phi) is 5.59. The maximum Gasteiger partial charge on any atom is 0.259 e. The van der Waals surface area contributed by atoms with E-state index < -0.39 is 0 Å².